The maximum atomic E-state index is 13.5. The summed E-state index contributed by atoms with van der Waals surface area (Å²) in [5, 5.41) is 10.7. The van der Waals surface area contributed by atoms with Crippen LogP contribution in [0.25, 0.3) is 0 Å². The first-order valence-electron chi connectivity index (χ1n) is 11.6. The van der Waals surface area contributed by atoms with Crippen LogP contribution in [0.4, 0.5) is 17.6 Å². The quantitative estimate of drug-likeness (QED) is 0.393. The minimum Gasteiger partial charge on any atom is -0.475 e. The normalized spacial score (nSPS) is 21.6. The fourth-order valence-electron chi connectivity index (χ4n) is 5.12. The van der Waals surface area contributed by atoms with Gasteiger partial charge >= 0.3 is 12.1 Å². The summed E-state index contributed by atoms with van der Waals surface area (Å²) in [6.07, 6.45) is 2.96. The molecule has 0 unspecified atom stereocenters. The highest BCUT2D eigenvalue weighted by Gasteiger charge is 2.47. The first kappa shape index (κ1) is 26.2. The van der Waals surface area contributed by atoms with Crippen molar-refractivity contribution in [2.45, 2.75) is 68.7 Å². The average Bonchev–Trinajstić information content (AvgIpc) is 3.25. The summed E-state index contributed by atoms with van der Waals surface area (Å²) >= 11 is 0. The molecule has 1 atom stereocenters. The smallest absolute Gasteiger partial charge is 0.475 e. The van der Waals surface area contributed by atoms with Crippen LogP contribution in [-0.4, -0.2) is 36.0 Å². The van der Waals surface area contributed by atoms with E-state index in [0.717, 1.165) is 39.0 Å². The number of hydrogen-bond acceptors (Lipinski definition) is 3. The van der Waals surface area contributed by atoms with E-state index >= 15 is 0 Å². The molecule has 0 aromatic heterocycles. The summed E-state index contributed by atoms with van der Waals surface area (Å²) in [6, 6.07) is 17.8. The summed E-state index contributed by atoms with van der Waals surface area (Å²) in [5.74, 6) is -2.91. The van der Waals surface area contributed by atoms with Gasteiger partial charge in [-0.3, -0.25) is 0 Å². The lowest BCUT2D eigenvalue weighted by Gasteiger charge is -2.47. The number of ether oxygens (including phenoxy) is 1. The summed E-state index contributed by atoms with van der Waals surface area (Å²) in [6.45, 7) is 2.67. The molecule has 1 aliphatic heterocycles. The molecule has 1 heterocycles. The zero-order chi connectivity index (χ0) is 24.7. The number of carboxylic acid groups (broad SMARTS) is 1. The first-order chi connectivity index (χ1) is 16.1. The van der Waals surface area contributed by atoms with Crippen molar-refractivity contribution in [2.75, 3.05) is 13.2 Å². The van der Waals surface area contributed by atoms with Gasteiger partial charge in [0.15, 0.2) is 0 Å². The number of hydrogen-bond donors (Lipinski definition) is 2. The Hall–Kier alpha value is -2.45. The number of benzene rings is 2. The van der Waals surface area contributed by atoms with E-state index in [1.165, 1.54) is 36.8 Å². The topological polar surface area (TPSA) is 58.6 Å². The summed E-state index contributed by atoms with van der Waals surface area (Å²) < 4.78 is 51.6. The van der Waals surface area contributed by atoms with Crippen molar-refractivity contribution >= 4 is 5.97 Å². The van der Waals surface area contributed by atoms with E-state index in [4.69, 9.17) is 14.6 Å². The van der Waals surface area contributed by atoms with E-state index in [2.05, 4.69) is 35.6 Å². The molecule has 1 aliphatic carbocycles. The Morgan fingerprint density at radius 3 is 2.21 bits per heavy atom. The summed E-state index contributed by atoms with van der Waals surface area (Å²) in [4.78, 5) is 8.90. The first-order valence-corrected chi connectivity index (χ1v) is 11.6. The lowest BCUT2D eigenvalue weighted by Crippen LogP contribution is -2.47. The largest absolute Gasteiger partial charge is 0.490 e. The molecule has 4 rings (SSSR count). The molecule has 2 aromatic carbocycles. The lowest BCUT2D eigenvalue weighted by atomic mass is 9.66. The van der Waals surface area contributed by atoms with Gasteiger partial charge < -0.3 is 15.2 Å². The maximum absolute atomic E-state index is 13.5. The molecule has 0 radical (unpaired) electrons. The molecule has 0 bridgehead atoms. The molecule has 1 saturated heterocycles. The highest BCUT2D eigenvalue weighted by molar-refractivity contribution is 5.73. The Morgan fingerprint density at radius 1 is 1.00 bits per heavy atom. The van der Waals surface area contributed by atoms with Crippen LogP contribution < -0.4 is 5.32 Å². The minimum atomic E-state index is -5.08. The summed E-state index contributed by atoms with van der Waals surface area (Å²) in [5.41, 5.74) is 2.72. The van der Waals surface area contributed by atoms with Gasteiger partial charge in [0.2, 0.25) is 0 Å². The molecule has 2 fully saturated rings. The second kappa shape index (κ2) is 11.3. The Morgan fingerprint density at radius 2 is 1.62 bits per heavy atom. The molecule has 0 amide bonds. The Kier molecular flexibility index (Phi) is 8.71. The number of aliphatic carboxylic acids is 1. The van der Waals surface area contributed by atoms with Gasteiger partial charge in [-0.15, -0.1) is 0 Å². The molecule has 2 aliphatic rings. The van der Waals surface area contributed by atoms with E-state index in [0.29, 0.717) is 0 Å². The second-order valence-corrected chi connectivity index (χ2v) is 9.17. The van der Waals surface area contributed by atoms with Crippen molar-refractivity contribution in [1.82, 2.24) is 5.32 Å². The number of nitrogens with one attached hydrogen (secondary N) is 1. The van der Waals surface area contributed by atoms with Gasteiger partial charge in [-0.2, -0.15) is 13.2 Å². The van der Waals surface area contributed by atoms with Crippen molar-refractivity contribution in [3.05, 3.63) is 71.5 Å². The van der Waals surface area contributed by atoms with Crippen LogP contribution in [0.5, 0.6) is 0 Å². The minimum absolute atomic E-state index is 0.0477. The Balaban J connectivity index is 0.000000406. The van der Waals surface area contributed by atoms with E-state index in [1.807, 2.05) is 12.1 Å². The van der Waals surface area contributed by atoms with Gasteiger partial charge in [-0.25, -0.2) is 9.18 Å². The van der Waals surface area contributed by atoms with Crippen molar-refractivity contribution < 1.29 is 32.2 Å². The highest BCUT2D eigenvalue weighted by atomic mass is 19.4. The highest BCUT2D eigenvalue weighted by Crippen LogP contribution is 2.50. The molecular formula is C26H31F4NO3. The van der Waals surface area contributed by atoms with Crippen molar-refractivity contribution in [3.63, 3.8) is 0 Å². The number of carbonyl (C=O) groups is 1. The molecule has 2 aromatic rings. The molecule has 1 spiro atoms. The second-order valence-electron chi connectivity index (χ2n) is 9.17. The monoisotopic (exact) mass is 481 g/mol. The standard InChI is InChI=1S/C24H30FNO.C2HF3O2/c25-22-10-8-21(9-11-22)23(14-16-26-18-20-6-2-1-3-7-20)15-17-27-24(19-23)12-4-5-13-24;3-2(4,5)1(6)7/h1-3,6-11,26H,4-5,12-19H2;(H,6,7)/t23-;/m0./s1. The SMILES string of the molecule is Fc1ccc([C@@]2(CCNCc3ccccc3)CCOC3(CCCC3)C2)cc1.O=C(O)C(F)(F)F. The van der Waals surface area contributed by atoms with Crippen LogP contribution in [0.2, 0.25) is 0 Å². The molecule has 2 N–H and O–H groups in total. The van der Waals surface area contributed by atoms with Gasteiger partial charge in [-0.1, -0.05) is 55.3 Å². The Labute approximate surface area is 197 Å². The molecule has 4 nitrogen and oxygen atoms in total. The third-order valence-corrected chi connectivity index (χ3v) is 6.82. The molecule has 1 saturated carbocycles. The zero-order valence-electron chi connectivity index (χ0n) is 19.0. The van der Waals surface area contributed by atoms with Crippen molar-refractivity contribution in [1.29, 1.82) is 0 Å². The molecular weight excluding hydrogens is 450 g/mol. The van der Waals surface area contributed by atoms with Crippen LogP contribution in [0.3, 0.4) is 0 Å². The fraction of sp³-hybridized carbons (Fsp3) is 0.500. The van der Waals surface area contributed by atoms with Crippen molar-refractivity contribution in [2.24, 2.45) is 0 Å². The number of alkyl halides is 3. The third-order valence-electron chi connectivity index (χ3n) is 6.82. The van der Waals surface area contributed by atoms with Gasteiger partial charge in [0, 0.05) is 18.6 Å². The van der Waals surface area contributed by atoms with Crippen LogP contribution >= 0.6 is 0 Å². The van der Waals surface area contributed by atoms with Crippen LogP contribution in [0.15, 0.2) is 54.6 Å². The van der Waals surface area contributed by atoms with Crippen LogP contribution in [0.1, 0.15) is 56.1 Å². The zero-order valence-corrected chi connectivity index (χ0v) is 19.0. The van der Waals surface area contributed by atoms with E-state index in [1.54, 1.807) is 12.1 Å². The average molecular weight is 482 g/mol. The molecule has 186 valence electrons. The van der Waals surface area contributed by atoms with Gasteiger partial charge in [0.25, 0.3) is 0 Å². The predicted molar refractivity (Wildman–Crippen MR) is 121 cm³/mol. The van der Waals surface area contributed by atoms with Gasteiger partial charge in [-0.05, 0) is 61.9 Å². The number of carboxylic acids is 1. The number of halogens is 4. The fourth-order valence-corrected chi connectivity index (χ4v) is 5.12. The van der Waals surface area contributed by atoms with Crippen molar-refractivity contribution in [3.8, 4) is 0 Å². The molecule has 8 heteroatoms. The van der Waals surface area contributed by atoms with E-state index < -0.39 is 12.1 Å². The maximum Gasteiger partial charge on any atom is 0.490 e. The third kappa shape index (κ3) is 7.03. The Bertz CT molecular complexity index is 912. The molecule has 34 heavy (non-hydrogen) atoms. The van der Waals surface area contributed by atoms with Crippen LogP contribution in [0, 0.1) is 5.82 Å². The van der Waals surface area contributed by atoms with E-state index in [9.17, 15) is 17.6 Å². The summed E-state index contributed by atoms with van der Waals surface area (Å²) in [7, 11) is 0. The van der Waals surface area contributed by atoms with E-state index in [-0.39, 0.29) is 16.8 Å². The van der Waals surface area contributed by atoms with Gasteiger partial charge in [0.1, 0.15) is 5.82 Å². The predicted octanol–water partition coefficient (Wildman–Crippen LogP) is 6.00. The van der Waals surface area contributed by atoms with Gasteiger partial charge in [0.05, 0.1) is 5.60 Å². The lowest BCUT2D eigenvalue weighted by molar-refractivity contribution is -0.192. The van der Waals surface area contributed by atoms with Crippen LogP contribution in [-0.2, 0) is 21.5 Å². The number of rotatable bonds is 6.